The topological polar surface area (TPSA) is 86.7 Å². The van der Waals surface area contributed by atoms with Gasteiger partial charge in [-0.25, -0.2) is 0 Å². The number of thioether (sulfide) groups is 1. The van der Waals surface area contributed by atoms with Crippen molar-refractivity contribution < 1.29 is 4.79 Å². The number of amides is 1. The molecule has 0 saturated heterocycles. The van der Waals surface area contributed by atoms with E-state index in [4.69, 9.17) is 28.9 Å². The van der Waals surface area contributed by atoms with Crippen molar-refractivity contribution in [3.8, 4) is 11.4 Å². The van der Waals surface area contributed by atoms with Gasteiger partial charge in [-0.15, -0.1) is 22.0 Å². The highest BCUT2D eigenvalue weighted by molar-refractivity contribution is 7.99. The summed E-state index contributed by atoms with van der Waals surface area (Å²) in [6.45, 7) is 0.569. The van der Waals surface area contributed by atoms with E-state index in [1.54, 1.807) is 48.2 Å². The summed E-state index contributed by atoms with van der Waals surface area (Å²) in [4.78, 5) is 13.5. The average Bonchev–Trinajstić information content (AvgIpc) is 3.07. The Morgan fingerprint density at radius 2 is 1.92 bits per heavy atom. The standard InChI is InChI=1S/C16H13Cl2N5OS/c17-12-5-6-13(18)14(9-12)25-8-7-23-21-16(20-22-23)11-3-1-10(2-4-11)15(19)24/h1-6,9H,7-8H2,(H2,19,24). The number of nitrogens with zero attached hydrogens (tertiary/aromatic N) is 4. The van der Waals surface area contributed by atoms with Gasteiger partial charge >= 0.3 is 0 Å². The summed E-state index contributed by atoms with van der Waals surface area (Å²) in [5.74, 6) is 0.734. The minimum atomic E-state index is -0.472. The molecule has 6 nitrogen and oxygen atoms in total. The fraction of sp³-hybridized carbons (Fsp3) is 0.125. The third-order valence-electron chi connectivity index (χ3n) is 3.32. The third-order valence-corrected chi connectivity index (χ3v) is 5.03. The molecule has 0 bridgehead atoms. The number of primary amides is 1. The average molecular weight is 394 g/mol. The summed E-state index contributed by atoms with van der Waals surface area (Å²) in [6.07, 6.45) is 0. The molecule has 25 heavy (non-hydrogen) atoms. The Morgan fingerprint density at radius 3 is 2.64 bits per heavy atom. The molecule has 0 fully saturated rings. The molecule has 0 saturated carbocycles. The first-order chi connectivity index (χ1) is 12.0. The minimum Gasteiger partial charge on any atom is -0.366 e. The van der Waals surface area contributed by atoms with Gasteiger partial charge in [-0.3, -0.25) is 4.79 Å². The lowest BCUT2D eigenvalue weighted by Gasteiger charge is -2.04. The number of carbonyl (C=O) groups is 1. The van der Waals surface area contributed by atoms with E-state index in [2.05, 4.69) is 15.4 Å². The predicted molar refractivity (Wildman–Crippen MR) is 99.0 cm³/mol. The molecular weight excluding hydrogens is 381 g/mol. The van der Waals surface area contributed by atoms with Crippen LogP contribution in [0.1, 0.15) is 10.4 Å². The molecule has 2 N–H and O–H groups in total. The molecule has 0 aliphatic rings. The Balaban J connectivity index is 1.62. The van der Waals surface area contributed by atoms with E-state index in [1.165, 1.54) is 4.80 Å². The van der Waals surface area contributed by atoms with Gasteiger partial charge in [-0.2, -0.15) is 4.80 Å². The molecule has 1 aromatic heterocycles. The van der Waals surface area contributed by atoms with Crippen molar-refractivity contribution in [2.45, 2.75) is 11.4 Å². The van der Waals surface area contributed by atoms with Gasteiger partial charge < -0.3 is 5.73 Å². The zero-order valence-electron chi connectivity index (χ0n) is 12.9. The van der Waals surface area contributed by atoms with Crippen LogP contribution in [0, 0.1) is 0 Å². The molecule has 0 unspecified atom stereocenters. The zero-order valence-corrected chi connectivity index (χ0v) is 15.2. The second kappa shape index (κ2) is 7.86. The Hall–Kier alpha value is -2.09. The Bertz CT molecular complexity index is 898. The zero-order chi connectivity index (χ0) is 17.8. The third kappa shape index (κ3) is 4.50. The van der Waals surface area contributed by atoms with Crippen molar-refractivity contribution in [2.75, 3.05) is 5.75 Å². The lowest BCUT2D eigenvalue weighted by Crippen LogP contribution is -2.10. The summed E-state index contributed by atoms with van der Waals surface area (Å²) in [6, 6.07) is 12.1. The van der Waals surface area contributed by atoms with Crippen LogP contribution in [-0.4, -0.2) is 31.9 Å². The van der Waals surface area contributed by atoms with Crippen LogP contribution in [0.15, 0.2) is 47.4 Å². The number of nitrogens with two attached hydrogens (primary N) is 1. The van der Waals surface area contributed by atoms with Gasteiger partial charge in [0, 0.05) is 26.8 Å². The quantitative estimate of drug-likeness (QED) is 0.647. The molecule has 0 radical (unpaired) electrons. The van der Waals surface area contributed by atoms with Crippen LogP contribution in [0.25, 0.3) is 11.4 Å². The molecule has 3 rings (SSSR count). The van der Waals surface area contributed by atoms with Crippen LogP contribution in [0.4, 0.5) is 0 Å². The molecule has 9 heteroatoms. The maximum absolute atomic E-state index is 11.1. The van der Waals surface area contributed by atoms with Gasteiger partial charge in [-0.1, -0.05) is 35.3 Å². The molecule has 0 spiro atoms. The molecule has 0 aliphatic heterocycles. The normalized spacial score (nSPS) is 10.8. The lowest BCUT2D eigenvalue weighted by atomic mass is 10.1. The number of tetrazole rings is 1. The monoisotopic (exact) mass is 393 g/mol. The second-order valence-corrected chi connectivity index (χ2v) is 7.05. The first kappa shape index (κ1) is 17.7. The van der Waals surface area contributed by atoms with Crippen LogP contribution < -0.4 is 5.73 Å². The van der Waals surface area contributed by atoms with E-state index in [1.807, 2.05) is 6.07 Å². The highest BCUT2D eigenvalue weighted by Gasteiger charge is 2.08. The van der Waals surface area contributed by atoms with Crippen molar-refractivity contribution in [1.82, 2.24) is 20.2 Å². The van der Waals surface area contributed by atoms with Crippen LogP contribution in [-0.2, 0) is 6.54 Å². The first-order valence-electron chi connectivity index (χ1n) is 7.29. The molecule has 3 aromatic rings. The molecular formula is C16H13Cl2N5OS. The fourth-order valence-electron chi connectivity index (χ4n) is 2.06. The van der Waals surface area contributed by atoms with Crippen LogP contribution in [0.2, 0.25) is 10.0 Å². The molecule has 1 amide bonds. The number of hydrogen-bond donors (Lipinski definition) is 1. The van der Waals surface area contributed by atoms with Crippen LogP contribution in [0.3, 0.4) is 0 Å². The second-order valence-electron chi connectivity index (χ2n) is 5.07. The molecule has 2 aromatic carbocycles. The van der Waals surface area contributed by atoms with E-state index in [0.717, 1.165) is 16.2 Å². The van der Waals surface area contributed by atoms with Gasteiger partial charge in [-0.05, 0) is 35.5 Å². The van der Waals surface area contributed by atoms with Gasteiger partial charge in [0.15, 0.2) is 0 Å². The maximum atomic E-state index is 11.1. The fourth-order valence-corrected chi connectivity index (χ4v) is 3.47. The number of carbonyl (C=O) groups excluding carboxylic acids is 1. The van der Waals surface area contributed by atoms with Gasteiger partial charge in [0.1, 0.15) is 0 Å². The number of halogens is 2. The smallest absolute Gasteiger partial charge is 0.248 e. The van der Waals surface area contributed by atoms with Crippen LogP contribution >= 0.6 is 35.0 Å². The molecule has 128 valence electrons. The summed E-state index contributed by atoms with van der Waals surface area (Å²) in [5.41, 5.74) is 6.42. The number of aryl methyl sites for hydroxylation is 1. The van der Waals surface area contributed by atoms with E-state index in [-0.39, 0.29) is 0 Å². The lowest BCUT2D eigenvalue weighted by molar-refractivity contribution is 0.100. The Labute approximate surface area is 158 Å². The molecule has 0 atom stereocenters. The van der Waals surface area contributed by atoms with Crippen molar-refractivity contribution in [3.05, 3.63) is 58.1 Å². The molecule has 1 heterocycles. The minimum absolute atomic E-state index is 0.436. The van der Waals surface area contributed by atoms with E-state index in [9.17, 15) is 4.79 Å². The van der Waals surface area contributed by atoms with Crippen molar-refractivity contribution in [3.63, 3.8) is 0 Å². The van der Waals surface area contributed by atoms with Crippen LogP contribution in [0.5, 0.6) is 0 Å². The van der Waals surface area contributed by atoms with E-state index in [0.29, 0.717) is 28.0 Å². The van der Waals surface area contributed by atoms with Gasteiger partial charge in [0.2, 0.25) is 11.7 Å². The highest BCUT2D eigenvalue weighted by atomic mass is 35.5. The molecule has 0 aliphatic carbocycles. The van der Waals surface area contributed by atoms with Crippen molar-refractivity contribution in [2.24, 2.45) is 5.73 Å². The van der Waals surface area contributed by atoms with Gasteiger partial charge in [0.05, 0.1) is 11.6 Å². The first-order valence-corrected chi connectivity index (χ1v) is 9.03. The number of aromatic nitrogens is 4. The van der Waals surface area contributed by atoms with E-state index >= 15 is 0 Å². The number of rotatable bonds is 6. The van der Waals surface area contributed by atoms with Crippen molar-refractivity contribution >= 4 is 40.9 Å². The van der Waals surface area contributed by atoms with Gasteiger partial charge in [0.25, 0.3) is 0 Å². The number of benzene rings is 2. The summed E-state index contributed by atoms with van der Waals surface area (Å²) in [7, 11) is 0. The Morgan fingerprint density at radius 1 is 1.16 bits per heavy atom. The SMILES string of the molecule is NC(=O)c1ccc(-c2nnn(CCSc3cc(Cl)ccc3Cl)n2)cc1. The summed E-state index contributed by atoms with van der Waals surface area (Å²) < 4.78 is 0. The predicted octanol–water partition coefficient (Wildman–Crippen LogP) is 3.54. The summed E-state index contributed by atoms with van der Waals surface area (Å²) >= 11 is 13.7. The summed E-state index contributed by atoms with van der Waals surface area (Å²) in [5, 5.41) is 13.7. The van der Waals surface area contributed by atoms with E-state index < -0.39 is 5.91 Å². The number of hydrogen-bond acceptors (Lipinski definition) is 5. The highest BCUT2D eigenvalue weighted by Crippen LogP contribution is 2.29. The Kier molecular flexibility index (Phi) is 5.57. The largest absolute Gasteiger partial charge is 0.366 e. The van der Waals surface area contributed by atoms with Crippen molar-refractivity contribution in [1.29, 1.82) is 0 Å². The maximum Gasteiger partial charge on any atom is 0.248 e.